The predicted molar refractivity (Wildman–Crippen MR) is 57.2 cm³/mol. The fraction of sp³-hybridized carbons (Fsp3) is 0. The van der Waals surface area contributed by atoms with Crippen molar-refractivity contribution in [3.8, 4) is 17.2 Å². The lowest BCUT2D eigenvalue weighted by Crippen LogP contribution is -2.02. The molecule has 0 aliphatic rings. The summed E-state index contributed by atoms with van der Waals surface area (Å²) in [6.07, 6.45) is 1.44. The van der Waals surface area contributed by atoms with Gasteiger partial charge in [-0.2, -0.15) is 5.26 Å². The summed E-state index contributed by atoms with van der Waals surface area (Å²) in [7, 11) is 0. The van der Waals surface area contributed by atoms with Gasteiger partial charge in [-0.25, -0.2) is 4.39 Å². The van der Waals surface area contributed by atoms with Crippen molar-refractivity contribution in [2.45, 2.75) is 0 Å². The molecule has 0 aliphatic carbocycles. The quantitative estimate of drug-likeness (QED) is 0.789. The molecule has 16 heavy (non-hydrogen) atoms. The Bertz CT molecular complexity index is 625. The summed E-state index contributed by atoms with van der Waals surface area (Å²) in [6.45, 7) is 0. The van der Waals surface area contributed by atoms with E-state index in [0.29, 0.717) is 5.56 Å². The number of benzene rings is 1. The molecule has 0 radical (unpaired) electrons. The molecule has 0 fully saturated rings. The summed E-state index contributed by atoms with van der Waals surface area (Å²) >= 11 is 0. The lowest BCUT2D eigenvalue weighted by molar-refractivity contribution is 0.627. The molecule has 1 aromatic carbocycles. The number of halogens is 1. The SMILES string of the molecule is N#Cc1cccc(-c2cc[nH]c(=O)c2)c1F. The Hall–Kier alpha value is -2.41. The Morgan fingerprint density at radius 2 is 2.12 bits per heavy atom. The molecule has 1 heterocycles. The van der Waals surface area contributed by atoms with Gasteiger partial charge < -0.3 is 4.98 Å². The van der Waals surface area contributed by atoms with Crippen LogP contribution in [0.4, 0.5) is 4.39 Å². The number of nitriles is 1. The van der Waals surface area contributed by atoms with Gasteiger partial charge in [-0.05, 0) is 17.7 Å². The minimum absolute atomic E-state index is 0.0298. The monoisotopic (exact) mass is 214 g/mol. The number of aromatic nitrogens is 1. The standard InChI is InChI=1S/C12H7FN2O/c13-12-9(7-14)2-1-3-10(12)8-4-5-15-11(16)6-8/h1-6H,(H,15,16). The Morgan fingerprint density at radius 1 is 1.31 bits per heavy atom. The van der Waals surface area contributed by atoms with Crippen LogP contribution in [0.15, 0.2) is 41.3 Å². The van der Waals surface area contributed by atoms with Crippen LogP contribution in [0.3, 0.4) is 0 Å². The maximum Gasteiger partial charge on any atom is 0.248 e. The van der Waals surface area contributed by atoms with Crippen LogP contribution in [0.5, 0.6) is 0 Å². The summed E-state index contributed by atoms with van der Waals surface area (Å²) < 4.78 is 13.8. The van der Waals surface area contributed by atoms with E-state index in [0.717, 1.165) is 0 Å². The van der Waals surface area contributed by atoms with Crippen molar-refractivity contribution < 1.29 is 4.39 Å². The highest BCUT2D eigenvalue weighted by atomic mass is 19.1. The van der Waals surface area contributed by atoms with Gasteiger partial charge in [0, 0.05) is 17.8 Å². The third-order valence-corrected chi connectivity index (χ3v) is 2.21. The Kier molecular flexibility index (Phi) is 2.52. The predicted octanol–water partition coefficient (Wildman–Crippen LogP) is 2.05. The van der Waals surface area contributed by atoms with E-state index in [4.69, 9.17) is 5.26 Å². The minimum atomic E-state index is -0.601. The highest BCUT2D eigenvalue weighted by molar-refractivity contribution is 5.65. The third-order valence-electron chi connectivity index (χ3n) is 2.21. The first-order valence-corrected chi connectivity index (χ1v) is 4.60. The van der Waals surface area contributed by atoms with Gasteiger partial charge in [0.15, 0.2) is 0 Å². The fourth-order valence-electron chi connectivity index (χ4n) is 1.45. The van der Waals surface area contributed by atoms with Gasteiger partial charge in [0.1, 0.15) is 11.9 Å². The number of H-pyrrole nitrogens is 1. The summed E-state index contributed by atoms with van der Waals surface area (Å²) in [5.74, 6) is -0.601. The second-order valence-corrected chi connectivity index (χ2v) is 3.22. The van der Waals surface area contributed by atoms with Crippen LogP contribution in [0, 0.1) is 17.1 Å². The van der Waals surface area contributed by atoms with E-state index in [1.54, 1.807) is 18.2 Å². The molecule has 0 bridgehead atoms. The smallest absolute Gasteiger partial charge is 0.248 e. The molecule has 4 heteroatoms. The van der Waals surface area contributed by atoms with E-state index in [9.17, 15) is 9.18 Å². The molecule has 3 nitrogen and oxygen atoms in total. The van der Waals surface area contributed by atoms with Crippen LogP contribution in [-0.4, -0.2) is 4.98 Å². The average molecular weight is 214 g/mol. The Balaban J connectivity index is 2.66. The lowest BCUT2D eigenvalue weighted by atomic mass is 10.0. The molecular weight excluding hydrogens is 207 g/mol. The lowest BCUT2D eigenvalue weighted by Gasteiger charge is -2.03. The molecule has 1 aromatic heterocycles. The van der Waals surface area contributed by atoms with Crippen LogP contribution in [0.25, 0.3) is 11.1 Å². The largest absolute Gasteiger partial charge is 0.329 e. The van der Waals surface area contributed by atoms with Crippen LogP contribution >= 0.6 is 0 Å². The van der Waals surface area contributed by atoms with Crippen molar-refractivity contribution in [1.29, 1.82) is 5.26 Å². The number of aromatic amines is 1. The number of hydrogen-bond acceptors (Lipinski definition) is 2. The van der Waals surface area contributed by atoms with E-state index in [1.165, 1.54) is 24.4 Å². The first kappa shape index (κ1) is 10.1. The van der Waals surface area contributed by atoms with E-state index >= 15 is 0 Å². The summed E-state index contributed by atoms with van der Waals surface area (Å²) in [5.41, 5.74) is 0.376. The number of rotatable bonds is 1. The zero-order valence-electron chi connectivity index (χ0n) is 8.20. The molecular formula is C12H7FN2O. The molecule has 0 spiro atoms. The Labute approximate surface area is 90.8 Å². The van der Waals surface area contributed by atoms with Crippen LogP contribution in [0.1, 0.15) is 5.56 Å². The molecule has 2 aromatic rings. The Morgan fingerprint density at radius 3 is 2.81 bits per heavy atom. The normalized spacial score (nSPS) is 9.75. The molecule has 1 N–H and O–H groups in total. The minimum Gasteiger partial charge on any atom is -0.329 e. The second-order valence-electron chi connectivity index (χ2n) is 3.22. The third kappa shape index (κ3) is 1.71. The maximum absolute atomic E-state index is 13.8. The maximum atomic E-state index is 13.8. The molecule has 0 atom stereocenters. The average Bonchev–Trinajstić information content (AvgIpc) is 2.29. The molecule has 0 unspecified atom stereocenters. The zero-order chi connectivity index (χ0) is 11.5. The van der Waals surface area contributed by atoms with Crippen LogP contribution in [-0.2, 0) is 0 Å². The molecule has 0 aliphatic heterocycles. The molecule has 0 saturated carbocycles. The first-order chi connectivity index (χ1) is 7.72. The molecule has 78 valence electrons. The summed E-state index contributed by atoms with van der Waals surface area (Å²) in [4.78, 5) is 13.5. The van der Waals surface area contributed by atoms with E-state index < -0.39 is 5.82 Å². The van der Waals surface area contributed by atoms with Gasteiger partial charge in [-0.1, -0.05) is 12.1 Å². The van der Waals surface area contributed by atoms with Crippen molar-refractivity contribution in [1.82, 2.24) is 4.98 Å². The van der Waals surface area contributed by atoms with E-state index in [-0.39, 0.29) is 16.7 Å². The molecule has 2 rings (SSSR count). The van der Waals surface area contributed by atoms with Crippen molar-refractivity contribution in [3.05, 3.63) is 58.3 Å². The van der Waals surface area contributed by atoms with Gasteiger partial charge in [0.05, 0.1) is 5.56 Å². The van der Waals surface area contributed by atoms with Gasteiger partial charge in [-0.3, -0.25) is 4.79 Å². The summed E-state index contributed by atoms with van der Waals surface area (Å²) in [5, 5.41) is 8.69. The molecule has 0 amide bonds. The van der Waals surface area contributed by atoms with Gasteiger partial charge in [0.25, 0.3) is 0 Å². The van der Waals surface area contributed by atoms with Crippen LogP contribution in [0.2, 0.25) is 0 Å². The zero-order valence-corrected chi connectivity index (χ0v) is 8.20. The topological polar surface area (TPSA) is 56.6 Å². The van der Waals surface area contributed by atoms with Gasteiger partial charge in [0.2, 0.25) is 5.56 Å². The van der Waals surface area contributed by atoms with Crippen molar-refractivity contribution in [3.63, 3.8) is 0 Å². The number of hydrogen-bond donors (Lipinski definition) is 1. The highest BCUT2D eigenvalue weighted by Crippen LogP contribution is 2.23. The number of nitrogens with zero attached hydrogens (tertiary/aromatic N) is 1. The van der Waals surface area contributed by atoms with Gasteiger partial charge in [-0.15, -0.1) is 0 Å². The van der Waals surface area contributed by atoms with Crippen molar-refractivity contribution >= 4 is 0 Å². The molecule has 0 saturated heterocycles. The van der Waals surface area contributed by atoms with Crippen molar-refractivity contribution in [2.24, 2.45) is 0 Å². The van der Waals surface area contributed by atoms with E-state index in [1.807, 2.05) is 0 Å². The second kappa shape index (κ2) is 3.99. The van der Waals surface area contributed by atoms with Crippen molar-refractivity contribution in [2.75, 3.05) is 0 Å². The number of nitrogens with one attached hydrogen (secondary N) is 1. The first-order valence-electron chi connectivity index (χ1n) is 4.60. The highest BCUT2D eigenvalue weighted by Gasteiger charge is 2.09. The van der Waals surface area contributed by atoms with Gasteiger partial charge >= 0.3 is 0 Å². The van der Waals surface area contributed by atoms with E-state index in [2.05, 4.69) is 4.98 Å². The summed E-state index contributed by atoms with van der Waals surface area (Å²) in [6, 6.07) is 9.14. The fourth-order valence-corrected chi connectivity index (χ4v) is 1.45. The van der Waals surface area contributed by atoms with Crippen LogP contribution < -0.4 is 5.56 Å². The number of pyridine rings is 1.